The van der Waals surface area contributed by atoms with Crippen LogP contribution in [0.4, 0.5) is 5.69 Å². The summed E-state index contributed by atoms with van der Waals surface area (Å²) in [5, 5.41) is 17.9. The maximum absolute atomic E-state index is 12.8. The predicted octanol–water partition coefficient (Wildman–Crippen LogP) is 2.49. The lowest BCUT2D eigenvalue weighted by Crippen LogP contribution is -2.07. The highest BCUT2D eigenvalue weighted by Crippen LogP contribution is 2.27. The van der Waals surface area contributed by atoms with Crippen molar-refractivity contribution in [2.24, 2.45) is 3.77 Å². The van der Waals surface area contributed by atoms with E-state index >= 15 is 0 Å². The molecule has 0 fully saturated rings. The van der Waals surface area contributed by atoms with Gasteiger partial charge in [-0.2, -0.15) is 8.42 Å². The van der Waals surface area contributed by atoms with Gasteiger partial charge in [0.05, 0.1) is 4.92 Å². The van der Waals surface area contributed by atoms with Gasteiger partial charge in [0, 0.05) is 17.9 Å². The Morgan fingerprint density at radius 1 is 1.00 bits per heavy atom. The van der Waals surface area contributed by atoms with Gasteiger partial charge >= 0.3 is 5.22 Å². The third kappa shape index (κ3) is 3.85. The van der Waals surface area contributed by atoms with Crippen molar-refractivity contribution in [1.29, 1.82) is 0 Å². The Hall–Kier alpha value is -3.12. The van der Waals surface area contributed by atoms with Crippen LogP contribution in [0.3, 0.4) is 0 Å². The average Bonchev–Trinajstić information content (AvgIpc) is 3.13. The van der Waals surface area contributed by atoms with Gasteiger partial charge in [0.15, 0.2) is 4.90 Å². The van der Waals surface area contributed by atoms with Crippen LogP contribution in [0.5, 0.6) is 0 Å². The van der Waals surface area contributed by atoms with Gasteiger partial charge in [0.1, 0.15) is 9.73 Å². The number of nitro benzene ring substituents is 1. The first-order valence-electron chi connectivity index (χ1n) is 7.31. The average molecular weight is 408 g/mol. The minimum absolute atomic E-state index is 0.0402. The molecule has 10 nitrogen and oxygen atoms in total. The molecule has 140 valence electrons. The molecule has 0 saturated heterocycles. The molecule has 3 aromatic rings. The lowest BCUT2D eigenvalue weighted by molar-refractivity contribution is -0.387. The molecular formula is C15H12N4O6S2. The summed E-state index contributed by atoms with van der Waals surface area (Å²) in [6, 6.07) is 13.2. The third-order valence-corrected chi connectivity index (χ3v) is 6.97. The summed E-state index contributed by atoms with van der Waals surface area (Å²) in [5.74, 6) is 0.0402. The normalized spacial score (nSPS) is 13.7. The first kappa shape index (κ1) is 18.7. The van der Waals surface area contributed by atoms with Crippen molar-refractivity contribution in [1.82, 2.24) is 10.2 Å². The van der Waals surface area contributed by atoms with E-state index in [2.05, 4.69) is 14.0 Å². The Morgan fingerprint density at radius 3 is 2.30 bits per heavy atom. The van der Waals surface area contributed by atoms with Crippen molar-refractivity contribution in [2.75, 3.05) is 6.26 Å². The summed E-state index contributed by atoms with van der Waals surface area (Å²) in [6.45, 7) is 0. The Kier molecular flexibility index (Phi) is 4.76. The molecule has 0 bridgehead atoms. The fourth-order valence-electron chi connectivity index (χ4n) is 2.15. The topological polar surface area (TPSA) is 146 Å². The molecule has 1 aromatic heterocycles. The molecule has 0 aliphatic carbocycles. The van der Waals surface area contributed by atoms with Gasteiger partial charge in [-0.1, -0.05) is 39.2 Å². The second kappa shape index (κ2) is 6.89. The zero-order valence-corrected chi connectivity index (χ0v) is 15.4. The van der Waals surface area contributed by atoms with E-state index in [0.717, 1.165) is 18.4 Å². The van der Waals surface area contributed by atoms with E-state index in [-0.39, 0.29) is 5.89 Å². The van der Waals surface area contributed by atoms with Crippen molar-refractivity contribution in [3.05, 3.63) is 64.7 Å². The Morgan fingerprint density at radius 2 is 1.63 bits per heavy atom. The maximum Gasteiger partial charge on any atom is 0.316 e. The van der Waals surface area contributed by atoms with Crippen LogP contribution >= 0.6 is 0 Å². The van der Waals surface area contributed by atoms with E-state index in [9.17, 15) is 22.7 Å². The number of sulfonamides is 1. The number of aromatic nitrogens is 2. The highest BCUT2D eigenvalue weighted by Gasteiger charge is 2.28. The van der Waals surface area contributed by atoms with Crippen molar-refractivity contribution in [3.8, 4) is 11.5 Å². The number of hydrogen-bond donors (Lipinski definition) is 0. The first-order valence-corrected chi connectivity index (χ1v) is 10.7. The first-order chi connectivity index (χ1) is 12.7. The SMILES string of the molecule is CS(=O)(=NS(=O)(=O)c1ccccc1[N+](=O)[O-])c1nnc(-c2ccccc2)o1. The highest BCUT2D eigenvalue weighted by atomic mass is 32.3. The molecule has 0 spiro atoms. The lowest BCUT2D eigenvalue weighted by Gasteiger charge is -2.02. The smallest absolute Gasteiger partial charge is 0.316 e. The molecule has 0 radical (unpaired) electrons. The summed E-state index contributed by atoms with van der Waals surface area (Å²) in [7, 11) is -8.29. The van der Waals surface area contributed by atoms with Crippen LogP contribution < -0.4 is 0 Å². The van der Waals surface area contributed by atoms with Crippen molar-refractivity contribution in [2.45, 2.75) is 10.1 Å². The predicted molar refractivity (Wildman–Crippen MR) is 94.8 cm³/mol. The molecule has 2 aromatic carbocycles. The molecule has 0 aliphatic heterocycles. The summed E-state index contributed by atoms with van der Waals surface area (Å²) in [6.07, 6.45) is 1.00. The van der Waals surface area contributed by atoms with E-state index < -0.39 is 40.5 Å². The molecule has 27 heavy (non-hydrogen) atoms. The van der Waals surface area contributed by atoms with Crippen LogP contribution in [-0.2, 0) is 19.8 Å². The minimum Gasteiger partial charge on any atom is -0.409 e. The van der Waals surface area contributed by atoms with Crippen LogP contribution in [0, 0.1) is 10.1 Å². The standard InChI is InChI=1S/C15H12N4O6S2/c1-26(22,15-17-16-14(25-15)11-7-3-2-4-8-11)18-27(23,24)13-10-6-5-9-12(13)19(20)21/h2-10H,1H3. The summed E-state index contributed by atoms with van der Waals surface area (Å²) in [4.78, 5) is 9.52. The van der Waals surface area contributed by atoms with E-state index in [0.29, 0.717) is 5.56 Å². The molecule has 0 N–H and O–H groups in total. The van der Waals surface area contributed by atoms with Gasteiger partial charge in [-0.05, 0) is 18.2 Å². The van der Waals surface area contributed by atoms with Crippen LogP contribution in [-0.4, -0.2) is 34.0 Å². The van der Waals surface area contributed by atoms with Gasteiger partial charge < -0.3 is 4.42 Å². The van der Waals surface area contributed by atoms with E-state index in [4.69, 9.17) is 4.42 Å². The van der Waals surface area contributed by atoms with Crippen molar-refractivity contribution >= 4 is 25.4 Å². The van der Waals surface area contributed by atoms with Crippen LogP contribution in [0.2, 0.25) is 0 Å². The molecule has 0 aliphatic rings. The fourth-order valence-corrected chi connectivity index (χ4v) is 5.30. The van der Waals surface area contributed by atoms with Crippen LogP contribution in [0.15, 0.2) is 72.9 Å². The van der Waals surface area contributed by atoms with Gasteiger partial charge in [-0.25, -0.2) is 4.21 Å². The van der Waals surface area contributed by atoms with Crippen molar-refractivity contribution < 1.29 is 22.0 Å². The van der Waals surface area contributed by atoms with Gasteiger partial charge in [-0.15, -0.1) is 5.10 Å². The molecule has 1 unspecified atom stereocenters. The number of nitro groups is 1. The van der Waals surface area contributed by atoms with Crippen molar-refractivity contribution in [3.63, 3.8) is 0 Å². The molecule has 12 heteroatoms. The molecular weight excluding hydrogens is 396 g/mol. The van der Waals surface area contributed by atoms with Crippen LogP contribution in [0.1, 0.15) is 0 Å². The van der Waals surface area contributed by atoms with Crippen LogP contribution in [0.25, 0.3) is 11.5 Å². The number of nitrogens with zero attached hydrogens (tertiary/aromatic N) is 4. The number of hydrogen-bond acceptors (Lipinski definition) is 8. The minimum atomic E-state index is -4.62. The lowest BCUT2D eigenvalue weighted by atomic mass is 10.2. The Labute approximate surface area is 154 Å². The summed E-state index contributed by atoms with van der Waals surface area (Å²) >= 11 is 0. The number of para-hydroxylation sites is 1. The second-order valence-corrected chi connectivity index (χ2v) is 9.26. The number of rotatable bonds is 5. The van der Waals surface area contributed by atoms with E-state index in [1.165, 1.54) is 12.1 Å². The van der Waals surface area contributed by atoms with Gasteiger partial charge in [0.2, 0.25) is 5.89 Å². The largest absolute Gasteiger partial charge is 0.409 e. The monoisotopic (exact) mass is 408 g/mol. The summed E-state index contributed by atoms with van der Waals surface area (Å²) < 4.78 is 46.4. The molecule has 0 amide bonds. The van der Waals surface area contributed by atoms with E-state index in [1.54, 1.807) is 30.3 Å². The zero-order valence-electron chi connectivity index (χ0n) is 13.8. The second-order valence-electron chi connectivity index (χ2n) is 5.32. The number of benzene rings is 2. The Balaban J connectivity index is 2.07. The molecule has 0 saturated carbocycles. The van der Waals surface area contributed by atoms with Gasteiger partial charge in [0.25, 0.3) is 15.7 Å². The van der Waals surface area contributed by atoms with E-state index in [1.807, 2.05) is 0 Å². The van der Waals surface area contributed by atoms with Gasteiger partial charge in [-0.3, -0.25) is 10.1 Å². The summed E-state index contributed by atoms with van der Waals surface area (Å²) in [5.41, 5.74) is -0.125. The molecule has 1 atom stereocenters. The maximum atomic E-state index is 12.8. The molecule has 1 heterocycles. The quantitative estimate of drug-likeness (QED) is 0.462. The zero-order chi connectivity index (χ0) is 19.7. The fraction of sp³-hybridized carbons (Fsp3) is 0.0667. The Bertz CT molecular complexity index is 1230. The molecule has 3 rings (SSSR count). The third-order valence-electron chi connectivity index (χ3n) is 3.33. The highest BCUT2D eigenvalue weighted by molar-refractivity contribution is 8.02.